The molecule has 3 N–H and O–H groups in total. The lowest BCUT2D eigenvalue weighted by atomic mass is 10.2. The Morgan fingerprint density at radius 2 is 1.96 bits per heavy atom. The Bertz CT molecular complexity index is 762. The van der Waals surface area contributed by atoms with Crippen LogP contribution in [-0.4, -0.2) is 32.1 Å². The Labute approximate surface area is 164 Å². The number of carbonyl (C=O) groups excluding carboxylic acids is 1. The first-order valence-corrected chi connectivity index (χ1v) is 7.76. The summed E-state index contributed by atoms with van der Waals surface area (Å²) >= 11 is 0. The number of carbonyl (C=O) groups is 1. The van der Waals surface area contributed by atoms with Gasteiger partial charge in [0.05, 0.1) is 7.11 Å². The van der Waals surface area contributed by atoms with Crippen LogP contribution in [0, 0.1) is 0 Å². The first-order valence-electron chi connectivity index (χ1n) is 7.76. The van der Waals surface area contributed by atoms with Crippen LogP contribution < -0.4 is 20.7 Å². The number of benzene rings is 2. The van der Waals surface area contributed by atoms with Gasteiger partial charge in [-0.05, 0) is 42.3 Å². The molecule has 0 fully saturated rings. The summed E-state index contributed by atoms with van der Waals surface area (Å²) in [6.45, 7) is 0.711. The molecule has 25 heavy (non-hydrogen) atoms. The van der Waals surface area contributed by atoms with Crippen molar-refractivity contribution in [2.24, 2.45) is 10.7 Å². The lowest BCUT2D eigenvalue weighted by molar-refractivity contribution is -0.117. The number of rotatable bonds is 4. The van der Waals surface area contributed by atoms with E-state index in [1.165, 1.54) is 5.56 Å². The zero-order valence-corrected chi connectivity index (χ0v) is 16.3. The van der Waals surface area contributed by atoms with Crippen molar-refractivity contribution in [1.29, 1.82) is 0 Å². The lowest BCUT2D eigenvalue weighted by Gasteiger charge is -2.16. The van der Waals surface area contributed by atoms with Crippen LogP contribution in [0.3, 0.4) is 0 Å². The summed E-state index contributed by atoms with van der Waals surface area (Å²) in [4.78, 5) is 18.3. The molecule has 0 saturated heterocycles. The smallest absolute Gasteiger partial charge is 0.248 e. The van der Waals surface area contributed by atoms with E-state index in [-0.39, 0.29) is 42.4 Å². The van der Waals surface area contributed by atoms with Crippen molar-refractivity contribution in [3.8, 4) is 5.75 Å². The molecule has 0 spiro atoms. The third-order valence-corrected chi connectivity index (χ3v) is 3.94. The molecule has 0 atom stereocenters. The molecule has 1 aliphatic rings. The molecule has 0 radical (unpaired) electrons. The number of guanidine groups is 1. The molecule has 2 aromatic carbocycles. The Morgan fingerprint density at radius 1 is 1.24 bits per heavy atom. The van der Waals surface area contributed by atoms with Gasteiger partial charge in [-0.15, -0.1) is 24.0 Å². The molecule has 1 heterocycles. The van der Waals surface area contributed by atoms with E-state index in [2.05, 4.69) is 10.3 Å². The van der Waals surface area contributed by atoms with E-state index in [1.807, 2.05) is 48.5 Å². The maximum Gasteiger partial charge on any atom is 0.248 e. The normalized spacial score (nSPS) is 13.0. The van der Waals surface area contributed by atoms with Crippen molar-refractivity contribution in [2.45, 2.75) is 6.42 Å². The molecular formula is C18H21IN4O2. The van der Waals surface area contributed by atoms with E-state index in [9.17, 15) is 4.79 Å². The number of amides is 1. The number of aliphatic imine (C=N–C) groups is 1. The summed E-state index contributed by atoms with van der Waals surface area (Å²) in [5, 5.41) is 2.96. The Hall–Kier alpha value is -2.29. The fourth-order valence-electron chi connectivity index (χ4n) is 2.70. The number of para-hydroxylation sites is 1. The van der Waals surface area contributed by atoms with E-state index >= 15 is 0 Å². The monoisotopic (exact) mass is 452 g/mol. The maximum absolute atomic E-state index is 12.4. The molecule has 0 unspecified atom stereocenters. The van der Waals surface area contributed by atoms with Gasteiger partial charge in [0.15, 0.2) is 5.96 Å². The van der Waals surface area contributed by atoms with Crippen molar-refractivity contribution in [3.63, 3.8) is 0 Å². The fourth-order valence-corrected chi connectivity index (χ4v) is 2.70. The zero-order valence-electron chi connectivity index (χ0n) is 13.9. The third kappa shape index (κ3) is 4.62. The van der Waals surface area contributed by atoms with Crippen LogP contribution in [0.4, 0.5) is 11.4 Å². The predicted octanol–water partition coefficient (Wildman–Crippen LogP) is 2.63. The number of hydrogen-bond donors (Lipinski definition) is 2. The number of methoxy groups -OCH3 is 1. The average Bonchev–Trinajstić information content (AvgIpc) is 3.04. The second-order valence-electron chi connectivity index (χ2n) is 5.48. The Kier molecular flexibility index (Phi) is 6.63. The average molecular weight is 452 g/mol. The number of hydrogen-bond acceptors (Lipinski definition) is 3. The van der Waals surface area contributed by atoms with E-state index < -0.39 is 0 Å². The molecule has 132 valence electrons. The van der Waals surface area contributed by atoms with Gasteiger partial charge in [0.1, 0.15) is 12.3 Å². The maximum atomic E-state index is 12.4. The van der Waals surface area contributed by atoms with Crippen molar-refractivity contribution in [3.05, 3.63) is 54.1 Å². The summed E-state index contributed by atoms with van der Waals surface area (Å²) in [7, 11) is 1.61. The van der Waals surface area contributed by atoms with Crippen molar-refractivity contribution in [2.75, 3.05) is 30.4 Å². The number of halogens is 1. The highest BCUT2D eigenvalue weighted by molar-refractivity contribution is 14.0. The van der Waals surface area contributed by atoms with Gasteiger partial charge in [0.2, 0.25) is 5.91 Å². The van der Waals surface area contributed by atoms with E-state index in [4.69, 9.17) is 10.5 Å². The third-order valence-electron chi connectivity index (χ3n) is 3.94. The van der Waals surface area contributed by atoms with Gasteiger partial charge in [-0.3, -0.25) is 4.79 Å². The number of nitrogens with zero attached hydrogens (tertiary/aromatic N) is 2. The van der Waals surface area contributed by atoms with Crippen LogP contribution in [0.1, 0.15) is 5.56 Å². The number of ether oxygens (including phenoxy) is 1. The second-order valence-corrected chi connectivity index (χ2v) is 5.48. The minimum absolute atomic E-state index is 0. The van der Waals surface area contributed by atoms with Gasteiger partial charge < -0.3 is 20.7 Å². The summed E-state index contributed by atoms with van der Waals surface area (Å²) in [5.41, 5.74) is 8.81. The molecular weight excluding hydrogens is 431 g/mol. The molecule has 1 aliphatic heterocycles. The van der Waals surface area contributed by atoms with E-state index in [1.54, 1.807) is 12.0 Å². The number of fused-ring (bicyclic) bond motifs is 1. The number of nitrogens with two attached hydrogens (primary N) is 1. The van der Waals surface area contributed by atoms with E-state index in [0.717, 1.165) is 23.5 Å². The van der Waals surface area contributed by atoms with E-state index in [0.29, 0.717) is 6.54 Å². The molecule has 0 aromatic heterocycles. The molecule has 3 rings (SSSR count). The molecule has 1 amide bonds. The van der Waals surface area contributed by atoms with Crippen LogP contribution in [0.15, 0.2) is 53.5 Å². The first kappa shape index (κ1) is 19.0. The standard InChI is InChI=1S/C18H20N4O2.HI/c1-24-15-8-6-14(7-9-15)21-18(19)20-12-17(23)22-11-10-13-4-2-3-5-16(13)22;/h2-9H,10-12H2,1H3,(H3,19,20,21);1H. The Balaban J connectivity index is 0.00000225. The number of anilines is 2. The van der Waals surface area contributed by atoms with Crippen LogP contribution in [0.5, 0.6) is 5.75 Å². The molecule has 7 heteroatoms. The zero-order chi connectivity index (χ0) is 16.9. The highest BCUT2D eigenvalue weighted by Crippen LogP contribution is 2.27. The van der Waals surface area contributed by atoms with Crippen molar-refractivity contribution in [1.82, 2.24) is 0 Å². The second kappa shape index (κ2) is 8.70. The summed E-state index contributed by atoms with van der Waals surface area (Å²) in [6.07, 6.45) is 0.880. The minimum Gasteiger partial charge on any atom is -0.497 e. The first-order chi connectivity index (χ1) is 11.7. The number of nitrogens with one attached hydrogen (secondary N) is 1. The summed E-state index contributed by atoms with van der Waals surface area (Å²) in [5.74, 6) is 0.916. The molecule has 0 saturated carbocycles. The van der Waals surface area contributed by atoms with Crippen LogP contribution in [0.2, 0.25) is 0 Å². The SMILES string of the molecule is COc1ccc(NC(N)=NCC(=O)N2CCc3ccccc32)cc1.I. The van der Waals surface area contributed by atoms with Gasteiger partial charge in [-0.2, -0.15) is 0 Å². The minimum atomic E-state index is -0.0561. The van der Waals surface area contributed by atoms with Crippen LogP contribution in [0.25, 0.3) is 0 Å². The van der Waals surface area contributed by atoms with Crippen LogP contribution in [-0.2, 0) is 11.2 Å². The van der Waals surface area contributed by atoms with Crippen molar-refractivity contribution >= 4 is 47.2 Å². The lowest BCUT2D eigenvalue weighted by Crippen LogP contribution is -2.32. The topological polar surface area (TPSA) is 80.0 Å². The largest absolute Gasteiger partial charge is 0.497 e. The predicted molar refractivity (Wildman–Crippen MR) is 111 cm³/mol. The Morgan fingerprint density at radius 3 is 2.68 bits per heavy atom. The van der Waals surface area contributed by atoms with Gasteiger partial charge in [0, 0.05) is 17.9 Å². The summed E-state index contributed by atoms with van der Waals surface area (Å²) < 4.78 is 5.10. The fraction of sp³-hybridized carbons (Fsp3) is 0.222. The molecule has 0 aliphatic carbocycles. The van der Waals surface area contributed by atoms with Gasteiger partial charge >= 0.3 is 0 Å². The van der Waals surface area contributed by atoms with Gasteiger partial charge in [-0.25, -0.2) is 4.99 Å². The highest BCUT2D eigenvalue weighted by atomic mass is 127. The molecule has 6 nitrogen and oxygen atoms in total. The quantitative estimate of drug-likeness (QED) is 0.425. The summed E-state index contributed by atoms with van der Waals surface area (Å²) in [6, 6.07) is 15.2. The van der Waals surface area contributed by atoms with Gasteiger partial charge in [0.25, 0.3) is 0 Å². The van der Waals surface area contributed by atoms with Crippen molar-refractivity contribution < 1.29 is 9.53 Å². The highest BCUT2D eigenvalue weighted by Gasteiger charge is 2.23. The molecule has 0 bridgehead atoms. The van der Waals surface area contributed by atoms with Gasteiger partial charge in [-0.1, -0.05) is 18.2 Å². The molecule has 2 aromatic rings. The van der Waals surface area contributed by atoms with Crippen LogP contribution >= 0.6 is 24.0 Å².